The predicted octanol–water partition coefficient (Wildman–Crippen LogP) is 16.6. The smallest absolute Gasteiger partial charge is 0.220 e. The van der Waals surface area contributed by atoms with Crippen molar-refractivity contribution in [1.29, 1.82) is 0 Å². The first-order valence-electron chi connectivity index (χ1n) is 32.2. The molecule has 6 N–H and O–H groups in total. The molecule has 0 saturated carbocycles. The molecule has 9 heteroatoms. The van der Waals surface area contributed by atoms with Gasteiger partial charge < -0.3 is 40.3 Å². The minimum Gasteiger partial charge on any atom is -0.394 e. The van der Waals surface area contributed by atoms with Crippen LogP contribution in [0.3, 0.4) is 0 Å². The van der Waals surface area contributed by atoms with Gasteiger partial charge in [0.25, 0.3) is 0 Å². The zero-order valence-electron chi connectivity index (χ0n) is 48.0. The Balaban J connectivity index is 2.09. The van der Waals surface area contributed by atoms with E-state index in [1.54, 1.807) is 0 Å². The molecule has 0 spiro atoms. The summed E-state index contributed by atoms with van der Waals surface area (Å²) in [4.78, 5) is 13.1. The summed E-state index contributed by atoms with van der Waals surface area (Å²) in [7, 11) is 0. The molecule has 0 aromatic rings. The zero-order chi connectivity index (χ0) is 52.2. The number of aliphatic hydroxyl groups is 5. The molecular weight excluding hydrogens is 899 g/mol. The van der Waals surface area contributed by atoms with E-state index in [4.69, 9.17) is 9.47 Å². The summed E-state index contributed by atoms with van der Waals surface area (Å²) < 4.78 is 11.3. The topological polar surface area (TPSA) is 149 Å². The van der Waals surface area contributed by atoms with Gasteiger partial charge in [0.1, 0.15) is 24.4 Å². The molecule has 430 valence electrons. The molecule has 1 heterocycles. The van der Waals surface area contributed by atoms with Crippen molar-refractivity contribution in [2.75, 3.05) is 13.2 Å². The van der Waals surface area contributed by atoms with E-state index in [9.17, 15) is 30.3 Å². The van der Waals surface area contributed by atoms with Gasteiger partial charge in [-0.15, -0.1) is 0 Å². The van der Waals surface area contributed by atoms with Crippen molar-refractivity contribution in [3.05, 3.63) is 0 Å². The first kappa shape index (κ1) is 69.2. The molecule has 1 aliphatic rings. The van der Waals surface area contributed by atoms with Gasteiger partial charge in [0, 0.05) is 6.42 Å². The van der Waals surface area contributed by atoms with Gasteiger partial charge in [-0.1, -0.05) is 322 Å². The SMILES string of the molecule is CCCCCCCCCCCCCCCCCCCCCCCCCCCCCCCCCCC(O)C(COC1OC(CO)C(O)C(O)C1O)NC(=O)CCCCCCCCCCCCCCCCCCC. The van der Waals surface area contributed by atoms with Crippen molar-refractivity contribution in [3.63, 3.8) is 0 Å². The van der Waals surface area contributed by atoms with E-state index < -0.39 is 49.5 Å². The Morgan fingerprint density at radius 1 is 0.417 bits per heavy atom. The Bertz CT molecular complexity index is 1100. The number of nitrogens with one attached hydrogen (secondary N) is 1. The highest BCUT2D eigenvalue weighted by molar-refractivity contribution is 5.76. The molecule has 1 saturated heterocycles. The van der Waals surface area contributed by atoms with Crippen molar-refractivity contribution in [2.45, 2.75) is 384 Å². The minimum atomic E-state index is -1.55. The van der Waals surface area contributed by atoms with E-state index in [0.717, 1.165) is 38.5 Å². The van der Waals surface area contributed by atoms with Crippen LogP contribution in [0.25, 0.3) is 0 Å². The lowest BCUT2D eigenvalue weighted by Gasteiger charge is -2.40. The van der Waals surface area contributed by atoms with Crippen molar-refractivity contribution in [1.82, 2.24) is 5.32 Å². The van der Waals surface area contributed by atoms with Crippen molar-refractivity contribution < 1.29 is 39.8 Å². The number of hydrogen-bond donors (Lipinski definition) is 6. The maximum absolute atomic E-state index is 13.1. The molecule has 0 aromatic heterocycles. The van der Waals surface area contributed by atoms with Crippen LogP contribution in [0.1, 0.15) is 341 Å². The van der Waals surface area contributed by atoms with Crippen LogP contribution < -0.4 is 5.32 Å². The molecule has 1 rings (SSSR count). The van der Waals surface area contributed by atoms with Crippen LogP contribution in [-0.4, -0.2) is 87.5 Å². The average molecular weight is 1020 g/mol. The van der Waals surface area contributed by atoms with E-state index in [-0.39, 0.29) is 12.5 Å². The molecule has 0 bridgehead atoms. The highest BCUT2D eigenvalue weighted by Gasteiger charge is 2.44. The highest BCUT2D eigenvalue weighted by Crippen LogP contribution is 2.24. The van der Waals surface area contributed by atoms with Crippen LogP contribution in [0.4, 0.5) is 0 Å². The molecular formula is C63H125NO8. The largest absolute Gasteiger partial charge is 0.394 e. The molecule has 1 amide bonds. The van der Waals surface area contributed by atoms with E-state index in [1.807, 2.05) is 0 Å². The second-order valence-electron chi connectivity index (χ2n) is 22.9. The molecule has 9 nitrogen and oxygen atoms in total. The number of carbonyl (C=O) groups is 1. The number of hydrogen-bond acceptors (Lipinski definition) is 8. The number of carbonyl (C=O) groups excluding carboxylic acids is 1. The number of aliphatic hydroxyl groups excluding tert-OH is 5. The summed E-state index contributed by atoms with van der Waals surface area (Å²) in [5.41, 5.74) is 0. The van der Waals surface area contributed by atoms with E-state index in [0.29, 0.717) is 12.8 Å². The minimum absolute atomic E-state index is 0.131. The van der Waals surface area contributed by atoms with Crippen molar-refractivity contribution in [3.8, 4) is 0 Å². The third kappa shape index (κ3) is 42.3. The number of amides is 1. The molecule has 7 atom stereocenters. The van der Waals surface area contributed by atoms with Gasteiger partial charge in [0.05, 0.1) is 25.4 Å². The molecule has 7 unspecified atom stereocenters. The Hall–Kier alpha value is -0.810. The summed E-state index contributed by atoms with van der Waals surface area (Å²) in [6.07, 6.45) is 58.8. The normalized spacial score (nSPS) is 19.0. The second kappa shape index (κ2) is 53.6. The zero-order valence-corrected chi connectivity index (χ0v) is 48.0. The van der Waals surface area contributed by atoms with Crippen LogP contribution in [0.15, 0.2) is 0 Å². The number of unbranched alkanes of at least 4 members (excludes halogenated alkanes) is 47. The van der Waals surface area contributed by atoms with Crippen molar-refractivity contribution in [2.24, 2.45) is 0 Å². The standard InChI is InChI=1S/C63H125NO8/c1-3-5-7-9-11-13-15-17-19-21-22-23-24-25-26-27-28-29-30-31-32-33-34-35-37-38-40-42-44-46-48-50-52-57(66)56(55-71-63-62(70)61(69)60(68)58(54-65)72-63)64-59(67)53-51-49-47-45-43-41-39-36-20-18-16-14-12-10-8-6-4-2/h56-58,60-63,65-66,68-70H,3-55H2,1-2H3,(H,64,67). The first-order chi connectivity index (χ1) is 35.3. The lowest BCUT2D eigenvalue weighted by molar-refractivity contribution is -0.302. The van der Waals surface area contributed by atoms with Crippen molar-refractivity contribution >= 4 is 5.91 Å². The van der Waals surface area contributed by atoms with Gasteiger partial charge in [-0.2, -0.15) is 0 Å². The number of rotatable bonds is 57. The number of ether oxygens (including phenoxy) is 2. The lowest BCUT2D eigenvalue weighted by atomic mass is 9.99. The maximum atomic E-state index is 13.1. The monoisotopic (exact) mass is 1020 g/mol. The van der Waals surface area contributed by atoms with Crippen LogP contribution >= 0.6 is 0 Å². The quantitative estimate of drug-likeness (QED) is 0.0330. The Kier molecular flexibility index (Phi) is 51.5. The molecule has 72 heavy (non-hydrogen) atoms. The molecule has 0 aliphatic carbocycles. The van der Waals surface area contributed by atoms with E-state index in [2.05, 4.69) is 19.2 Å². The van der Waals surface area contributed by atoms with E-state index >= 15 is 0 Å². The van der Waals surface area contributed by atoms with Gasteiger partial charge in [0.2, 0.25) is 5.91 Å². The van der Waals surface area contributed by atoms with E-state index in [1.165, 1.54) is 276 Å². The second-order valence-corrected chi connectivity index (χ2v) is 22.9. The third-order valence-electron chi connectivity index (χ3n) is 16.0. The highest BCUT2D eigenvalue weighted by atomic mass is 16.7. The molecule has 0 radical (unpaired) electrons. The van der Waals surface area contributed by atoms with Gasteiger partial charge >= 0.3 is 0 Å². The third-order valence-corrected chi connectivity index (χ3v) is 16.0. The fourth-order valence-electron chi connectivity index (χ4n) is 10.9. The Labute approximate surface area is 446 Å². The fourth-order valence-corrected chi connectivity index (χ4v) is 10.9. The molecule has 0 aromatic carbocycles. The Morgan fingerprint density at radius 2 is 0.694 bits per heavy atom. The summed E-state index contributed by atoms with van der Waals surface area (Å²) >= 11 is 0. The van der Waals surface area contributed by atoms with Crippen LogP contribution in [0.2, 0.25) is 0 Å². The molecule has 1 aliphatic heterocycles. The fraction of sp³-hybridized carbons (Fsp3) is 0.984. The Morgan fingerprint density at radius 3 is 0.986 bits per heavy atom. The first-order valence-corrected chi connectivity index (χ1v) is 32.2. The summed E-state index contributed by atoms with van der Waals surface area (Å²) in [6, 6.07) is -0.714. The predicted molar refractivity (Wildman–Crippen MR) is 304 cm³/mol. The van der Waals surface area contributed by atoms with Crippen LogP contribution in [0.5, 0.6) is 0 Å². The van der Waals surface area contributed by atoms with Crippen LogP contribution in [-0.2, 0) is 14.3 Å². The molecule has 1 fully saturated rings. The average Bonchev–Trinajstić information content (AvgIpc) is 3.38. The van der Waals surface area contributed by atoms with Gasteiger partial charge in [0.15, 0.2) is 6.29 Å². The van der Waals surface area contributed by atoms with Gasteiger partial charge in [-0.05, 0) is 12.8 Å². The summed E-state index contributed by atoms with van der Waals surface area (Å²) in [6.45, 7) is 3.89. The summed E-state index contributed by atoms with van der Waals surface area (Å²) in [5.74, 6) is -0.136. The van der Waals surface area contributed by atoms with Crippen LogP contribution in [0, 0.1) is 0 Å². The summed E-state index contributed by atoms with van der Waals surface area (Å²) in [5, 5.41) is 54.8. The van der Waals surface area contributed by atoms with Gasteiger partial charge in [-0.3, -0.25) is 4.79 Å². The lowest BCUT2D eigenvalue weighted by Crippen LogP contribution is -2.60. The maximum Gasteiger partial charge on any atom is 0.220 e. The van der Waals surface area contributed by atoms with Gasteiger partial charge in [-0.25, -0.2) is 0 Å².